The quantitative estimate of drug-likeness (QED) is 0.766. The zero-order valence-corrected chi connectivity index (χ0v) is 12.9. The average Bonchev–Trinajstić information content (AvgIpc) is 2.96. The molecule has 106 valence electrons. The first-order valence-electron chi connectivity index (χ1n) is 6.55. The molecule has 1 aromatic carbocycles. The second-order valence-corrected chi connectivity index (χ2v) is 5.92. The summed E-state index contributed by atoms with van der Waals surface area (Å²) in [7, 11) is 0. The fourth-order valence-electron chi connectivity index (χ4n) is 1.84. The van der Waals surface area contributed by atoms with E-state index in [1.165, 1.54) is 0 Å². The monoisotopic (exact) mass is 316 g/mol. The maximum atomic E-state index is 5.97. The molecule has 0 aliphatic heterocycles. The molecule has 0 aliphatic rings. The molecule has 0 saturated carbocycles. The SMILES string of the molecule is CCc1ncc(-c2ccnc(Nc3cccc(Cl)c3)n2)s1. The number of nitrogens with zero attached hydrogens (tertiary/aromatic N) is 3. The topological polar surface area (TPSA) is 50.7 Å². The summed E-state index contributed by atoms with van der Waals surface area (Å²) in [6, 6.07) is 9.35. The number of nitrogens with one attached hydrogen (secondary N) is 1. The van der Waals surface area contributed by atoms with Gasteiger partial charge in [0, 0.05) is 23.1 Å². The number of aromatic nitrogens is 3. The highest BCUT2D eigenvalue weighted by Gasteiger charge is 2.06. The molecule has 0 amide bonds. The molecule has 0 atom stereocenters. The van der Waals surface area contributed by atoms with Crippen molar-refractivity contribution < 1.29 is 0 Å². The molecule has 0 unspecified atom stereocenters. The smallest absolute Gasteiger partial charge is 0.227 e. The van der Waals surface area contributed by atoms with E-state index in [9.17, 15) is 0 Å². The summed E-state index contributed by atoms with van der Waals surface area (Å²) < 4.78 is 0. The van der Waals surface area contributed by atoms with Crippen LogP contribution in [-0.2, 0) is 6.42 Å². The first-order chi connectivity index (χ1) is 10.2. The third kappa shape index (κ3) is 3.37. The van der Waals surface area contributed by atoms with E-state index in [4.69, 9.17) is 11.6 Å². The molecule has 3 rings (SSSR count). The number of aryl methyl sites for hydroxylation is 1. The summed E-state index contributed by atoms with van der Waals surface area (Å²) >= 11 is 7.62. The molecular formula is C15H13ClN4S. The van der Waals surface area contributed by atoms with Gasteiger partial charge in [-0.25, -0.2) is 15.0 Å². The lowest BCUT2D eigenvalue weighted by molar-refractivity contribution is 1.09. The molecule has 0 saturated heterocycles. The van der Waals surface area contributed by atoms with E-state index in [2.05, 4.69) is 27.2 Å². The number of rotatable bonds is 4. The van der Waals surface area contributed by atoms with E-state index in [0.717, 1.165) is 27.7 Å². The molecule has 0 radical (unpaired) electrons. The van der Waals surface area contributed by atoms with Gasteiger partial charge in [0.05, 0.1) is 15.6 Å². The molecule has 2 aromatic heterocycles. The van der Waals surface area contributed by atoms with Crippen molar-refractivity contribution in [3.05, 3.63) is 52.8 Å². The Morgan fingerprint density at radius 3 is 2.90 bits per heavy atom. The molecule has 6 heteroatoms. The fourth-order valence-corrected chi connectivity index (χ4v) is 2.86. The summed E-state index contributed by atoms with van der Waals surface area (Å²) in [4.78, 5) is 14.2. The second kappa shape index (κ2) is 6.20. The lowest BCUT2D eigenvalue weighted by Crippen LogP contribution is -1.97. The molecule has 21 heavy (non-hydrogen) atoms. The maximum Gasteiger partial charge on any atom is 0.227 e. The highest BCUT2D eigenvalue weighted by Crippen LogP contribution is 2.26. The van der Waals surface area contributed by atoms with Gasteiger partial charge in [-0.1, -0.05) is 24.6 Å². The van der Waals surface area contributed by atoms with Crippen LogP contribution in [0.4, 0.5) is 11.6 Å². The van der Waals surface area contributed by atoms with Crippen LogP contribution < -0.4 is 5.32 Å². The zero-order valence-electron chi connectivity index (χ0n) is 11.4. The van der Waals surface area contributed by atoms with E-state index in [1.54, 1.807) is 17.5 Å². The van der Waals surface area contributed by atoms with Gasteiger partial charge in [-0.05, 0) is 30.7 Å². The van der Waals surface area contributed by atoms with Crippen LogP contribution in [0, 0.1) is 0 Å². The first-order valence-corrected chi connectivity index (χ1v) is 7.75. The predicted octanol–water partition coefficient (Wildman–Crippen LogP) is 4.56. The molecule has 4 nitrogen and oxygen atoms in total. The molecule has 0 bridgehead atoms. The van der Waals surface area contributed by atoms with Crippen LogP contribution in [0.5, 0.6) is 0 Å². The Morgan fingerprint density at radius 1 is 1.24 bits per heavy atom. The van der Waals surface area contributed by atoms with E-state index in [0.29, 0.717) is 11.0 Å². The molecule has 1 N–H and O–H groups in total. The van der Waals surface area contributed by atoms with Gasteiger partial charge in [0.2, 0.25) is 5.95 Å². The summed E-state index contributed by atoms with van der Waals surface area (Å²) in [5.41, 5.74) is 1.73. The van der Waals surface area contributed by atoms with Gasteiger partial charge in [0.25, 0.3) is 0 Å². The van der Waals surface area contributed by atoms with Crippen molar-refractivity contribution in [2.75, 3.05) is 5.32 Å². The summed E-state index contributed by atoms with van der Waals surface area (Å²) in [6.07, 6.45) is 4.53. The molecule has 0 aliphatic carbocycles. The standard InChI is InChI=1S/C15H13ClN4S/c1-2-14-18-9-13(21-14)12-6-7-17-15(20-12)19-11-5-3-4-10(16)8-11/h3-9H,2H2,1H3,(H,17,19,20). The van der Waals surface area contributed by atoms with Crippen molar-refractivity contribution in [1.29, 1.82) is 0 Å². The number of anilines is 2. The van der Waals surface area contributed by atoms with E-state index in [-0.39, 0.29) is 0 Å². The first kappa shape index (κ1) is 14.0. The molecule has 0 spiro atoms. The van der Waals surface area contributed by atoms with Crippen LogP contribution in [0.3, 0.4) is 0 Å². The third-order valence-corrected chi connectivity index (χ3v) is 4.24. The minimum atomic E-state index is 0.543. The van der Waals surface area contributed by atoms with Crippen molar-refractivity contribution in [2.45, 2.75) is 13.3 Å². The van der Waals surface area contributed by atoms with Crippen LogP contribution >= 0.6 is 22.9 Å². The Labute approximate surface area is 131 Å². The highest BCUT2D eigenvalue weighted by molar-refractivity contribution is 7.15. The summed E-state index contributed by atoms with van der Waals surface area (Å²) in [5.74, 6) is 0.543. The number of benzene rings is 1. The summed E-state index contributed by atoms with van der Waals surface area (Å²) in [6.45, 7) is 2.09. The highest BCUT2D eigenvalue weighted by atomic mass is 35.5. The van der Waals surface area contributed by atoms with Crippen molar-refractivity contribution in [1.82, 2.24) is 15.0 Å². The van der Waals surface area contributed by atoms with Crippen LogP contribution in [0.25, 0.3) is 10.6 Å². The van der Waals surface area contributed by atoms with Crippen molar-refractivity contribution in [3.63, 3.8) is 0 Å². The minimum absolute atomic E-state index is 0.543. The van der Waals surface area contributed by atoms with E-state index >= 15 is 0 Å². The van der Waals surface area contributed by atoms with Gasteiger partial charge in [0.1, 0.15) is 0 Å². The van der Waals surface area contributed by atoms with Gasteiger partial charge >= 0.3 is 0 Å². The van der Waals surface area contributed by atoms with Gasteiger partial charge in [-0.3, -0.25) is 0 Å². The Hall–Kier alpha value is -1.98. The van der Waals surface area contributed by atoms with Crippen molar-refractivity contribution in [3.8, 4) is 10.6 Å². The van der Waals surface area contributed by atoms with Crippen LogP contribution in [0.15, 0.2) is 42.7 Å². The predicted molar refractivity (Wildman–Crippen MR) is 87.3 cm³/mol. The van der Waals surface area contributed by atoms with Crippen LogP contribution in [-0.4, -0.2) is 15.0 Å². The normalized spacial score (nSPS) is 10.6. The van der Waals surface area contributed by atoms with E-state index in [1.807, 2.05) is 36.5 Å². The van der Waals surface area contributed by atoms with Crippen molar-refractivity contribution >= 4 is 34.6 Å². The van der Waals surface area contributed by atoms with Gasteiger partial charge in [-0.2, -0.15) is 0 Å². The molecule has 3 aromatic rings. The van der Waals surface area contributed by atoms with Gasteiger partial charge in [0.15, 0.2) is 0 Å². The lowest BCUT2D eigenvalue weighted by atomic mass is 10.3. The Kier molecular flexibility index (Phi) is 4.13. The maximum absolute atomic E-state index is 5.97. The Balaban J connectivity index is 1.86. The number of thiazole rings is 1. The van der Waals surface area contributed by atoms with Gasteiger partial charge in [-0.15, -0.1) is 11.3 Å². The third-order valence-electron chi connectivity index (χ3n) is 2.84. The largest absolute Gasteiger partial charge is 0.324 e. The molecular weight excluding hydrogens is 304 g/mol. The second-order valence-electron chi connectivity index (χ2n) is 4.37. The number of hydrogen-bond donors (Lipinski definition) is 1. The van der Waals surface area contributed by atoms with Crippen LogP contribution in [0.2, 0.25) is 5.02 Å². The lowest BCUT2D eigenvalue weighted by Gasteiger charge is -2.05. The number of hydrogen-bond acceptors (Lipinski definition) is 5. The van der Waals surface area contributed by atoms with Crippen LogP contribution in [0.1, 0.15) is 11.9 Å². The fraction of sp³-hybridized carbons (Fsp3) is 0.133. The Morgan fingerprint density at radius 2 is 2.14 bits per heavy atom. The Bertz CT molecular complexity index is 757. The van der Waals surface area contributed by atoms with Gasteiger partial charge < -0.3 is 5.32 Å². The number of halogens is 1. The minimum Gasteiger partial charge on any atom is -0.324 e. The average molecular weight is 317 g/mol. The zero-order chi connectivity index (χ0) is 14.7. The van der Waals surface area contributed by atoms with Crippen molar-refractivity contribution in [2.24, 2.45) is 0 Å². The van der Waals surface area contributed by atoms with E-state index < -0.39 is 0 Å². The summed E-state index contributed by atoms with van der Waals surface area (Å²) in [5, 5.41) is 4.93. The molecule has 0 fully saturated rings. The molecule has 2 heterocycles.